The zero-order valence-corrected chi connectivity index (χ0v) is 8.87. The zero-order chi connectivity index (χ0) is 11.5. The van der Waals surface area contributed by atoms with E-state index in [1.54, 1.807) is 0 Å². The second-order valence-electron chi connectivity index (χ2n) is 3.80. The van der Waals surface area contributed by atoms with E-state index in [0.29, 0.717) is 12.8 Å². The van der Waals surface area contributed by atoms with E-state index in [0.717, 1.165) is 0 Å². The molecule has 0 saturated heterocycles. The number of carbonyl (C=O) groups is 1. The molecule has 1 aliphatic carbocycles. The van der Waals surface area contributed by atoms with Gasteiger partial charge >= 0.3 is 6.18 Å². The summed E-state index contributed by atoms with van der Waals surface area (Å²) in [4.78, 5) is 10.9. The number of carbonyl (C=O) groups excluding carboxylic acids is 1. The first-order valence-corrected chi connectivity index (χ1v) is 5.39. The van der Waals surface area contributed by atoms with Crippen LogP contribution in [-0.4, -0.2) is 24.0 Å². The Morgan fingerprint density at radius 3 is 2.60 bits per heavy atom. The topological polar surface area (TPSA) is 29.1 Å². The molecular formula is C9H13ClF3NO. The monoisotopic (exact) mass is 243 g/mol. The molecule has 0 heterocycles. The van der Waals surface area contributed by atoms with Gasteiger partial charge in [0.25, 0.3) is 0 Å². The van der Waals surface area contributed by atoms with Gasteiger partial charge in [0.05, 0.1) is 5.92 Å². The molecule has 1 amide bonds. The minimum Gasteiger partial charge on any atom is -0.352 e. The van der Waals surface area contributed by atoms with Gasteiger partial charge in [0.1, 0.15) is 5.88 Å². The minimum absolute atomic E-state index is 0.0217. The summed E-state index contributed by atoms with van der Waals surface area (Å²) in [6, 6.07) is -0.378. The second-order valence-corrected chi connectivity index (χ2v) is 4.07. The van der Waals surface area contributed by atoms with Crippen molar-refractivity contribution in [1.29, 1.82) is 0 Å². The zero-order valence-electron chi connectivity index (χ0n) is 8.11. The van der Waals surface area contributed by atoms with E-state index in [-0.39, 0.29) is 24.8 Å². The summed E-state index contributed by atoms with van der Waals surface area (Å²) < 4.78 is 37.2. The standard InChI is InChI=1S/C9H13ClF3NO/c10-5-8(15)14-7-3-1-2-6(4-7)9(11,12)13/h6-7H,1-5H2,(H,14,15)/t6-,7-/m0/s1. The van der Waals surface area contributed by atoms with Gasteiger partial charge < -0.3 is 5.32 Å². The minimum atomic E-state index is -4.15. The number of amides is 1. The van der Waals surface area contributed by atoms with E-state index < -0.39 is 18.0 Å². The Hall–Kier alpha value is -0.450. The number of halogens is 4. The molecule has 1 fully saturated rings. The summed E-state index contributed by atoms with van der Waals surface area (Å²) >= 11 is 5.26. The molecule has 0 aromatic heterocycles. The molecule has 1 aliphatic rings. The van der Waals surface area contributed by atoms with Gasteiger partial charge in [-0.15, -0.1) is 11.6 Å². The summed E-state index contributed by atoms with van der Waals surface area (Å²) in [5.74, 6) is -1.89. The van der Waals surface area contributed by atoms with Crippen molar-refractivity contribution < 1.29 is 18.0 Å². The maximum Gasteiger partial charge on any atom is 0.391 e. The van der Waals surface area contributed by atoms with Crippen LogP contribution in [0.4, 0.5) is 13.2 Å². The third kappa shape index (κ3) is 3.89. The van der Waals surface area contributed by atoms with Crippen molar-refractivity contribution in [2.75, 3.05) is 5.88 Å². The first kappa shape index (κ1) is 12.6. The molecule has 0 spiro atoms. The number of alkyl halides is 4. The van der Waals surface area contributed by atoms with Gasteiger partial charge in [-0.1, -0.05) is 6.42 Å². The third-order valence-corrected chi connectivity index (χ3v) is 2.87. The Morgan fingerprint density at radius 2 is 2.07 bits per heavy atom. The molecule has 0 radical (unpaired) electrons. The third-order valence-electron chi connectivity index (χ3n) is 2.62. The Balaban J connectivity index is 2.46. The van der Waals surface area contributed by atoms with Gasteiger partial charge in [0.2, 0.25) is 5.91 Å². The summed E-state index contributed by atoms with van der Waals surface area (Å²) in [5, 5.41) is 2.50. The second kappa shape index (κ2) is 5.05. The van der Waals surface area contributed by atoms with Crippen LogP contribution in [0.25, 0.3) is 0 Å². The normalized spacial score (nSPS) is 27.5. The van der Waals surface area contributed by atoms with Crippen molar-refractivity contribution in [2.45, 2.75) is 37.9 Å². The first-order chi connectivity index (χ1) is 6.93. The van der Waals surface area contributed by atoms with Crippen LogP contribution in [0.15, 0.2) is 0 Å². The Morgan fingerprint density at radius 1 is 1.40 bits per heavy atom. The highest BCUT2D eigenvalue weighted by Gasteiger charge is 2.42. The first-order valence-electron chi connectivity index (χ1n) is 4.85. The predicted octanol–water partition coefficient (Wildman–Crippen LogP) is 2.46. The van der Waals surface area contributed by atoms with E-state index >= 15 is 0 Å². The average molecular weight is 244 g/mol. The quantitative estimate of drug-likeness (QED) is 0.742. The van der Waals surface area contributed by atoms with E-state index in [9.17, 15) is 18.0 Å². The van der Waals surface area contributed by atoms with Crippen molar-refractivity contribution in [3.8, 4) is 0 Å². The van der Waals surface area contributed by atoms with Gasteiger partial charge in [-0.2, -0.15) is 13.2 Å². The van der Waals surface area contributed by atoms with E-state index in [4.69, 9.17) is 11.6 Å². The molecule has 15 heavy (non-hydrogen) atoms. The number of nitrogens with one attached hydrogen (secondary N) is 1. The van der Waals surface area contributed by atoms with Crippen molar-refractivity contribution in [1.82, 2.24) is 5.32 Å². The Bertz CT molecular complexity index is 232. The molecule has 0 bridgehead atoms. The van der Waals surface area contributed by atoms with E-state index in [1.165, 1.54) is 0 Å². The summed E-state index contributed by atoms with van der Waals surface area (Å²) in [7, 11) is 0. The molecule has 2 atom stereocenters. The highest BCUT2D eigenvalue weighted by molar-refractivity contribution is 6.27. The van der Waals surface area contributed by atoms with Gasteiger partial charge in [-0.25, -0.2) is 0 Å². The average Bonchev–Trinajstić information content (AvgIpc) is 2.17. The molecule has 0 aromatic rings. The smallest absolute Gasteiger partial charge is 0.352 e. The van der Waals surface area contributed by atoms with Crippen LogP contribution in [0.1, 0.15) is 25.7 Å². The van der Waals surface area contributed by atoms with Gasteiger partial charge in [-0.05, 0) is 19.3 Å². The fourth-order valence-corrected chi connectivity index (χ4v) is 1.96. The predicted molar refractivity (Wildman–Crippen MR) is 50.7 cm³/mol. The van der Waals surface area contributed by atoms with Crippen LogP contribution >= 0.6 is 11.6 Å². The van der Waals surface area contributed by atoms with Crippen LogP contribution < -0.4 is 5.32 Å². The van der Waals surface area contributed by atoms with Crippen LogP contribution in [0.5, 0.6) is 0 Å². The molecule has 6 heteroatoms. The lowest BCUT2D eigenvalue weighted by Crippen LogP contribution is -2.42. The maximum atomic E-state index is 12.4. The SMILES string of the molecule is O=C(CCl)N[C@H]1CCC[C@H](C(F)(F)F)C1. The molecule has 1 N–H and O–H groups in total. The maximum absolute atomic E-state index is 12.4. The highest BCUT2D eigenvalue weighted by atomic mass is 35.5. The van der Waals surface area contributed by atoms with Crippen LogP contribution in [0.2, 0.25) is 0 Å². The van der Waals surface area contributed by atoms with Crippen molar-refractivity contribution in [3.63, 3.8) is 0 Å². The molecular weight excluding hydrogens is 231 g/mol. The van der Waals surface area contributed by atoms with Crippen molar-refractivity contribution in [2.24, 2.45) is 5.92 Å². The summed E-state index contributed by atoms with van der Waals surface area (Å²) in [6.45, 7) is 0. The summed E-state index contributed by atoms with van der Waals surface area (Å²) in [5.41, 5.74) is 0. The number of hydrogen-bond donors (Lipinski definition) is 1. The Kier molecular flexibility index (Phi) is 4.25. The Labute approximate surface area is 91.2 Å². The molecule has 0 unspecified atom stereocenters. The lowest BCUT2D eigenvalue weighted by molar-refractivity contribution is -0.184. The van der Waals surface area contributed by atoms with Crippen LogP contribution in [0.3, 0.4) is 0 Å². The van der Waals surface area contributed by atoms with Gasteiger partial charge in [0.15, 0.2) is 0 Å². The van der Waals surface area contributed by atoms with E-state index in [1.807, 2.05) is 0 Å². The van der Waals surface area contributed by atoms with Crippen molar-refractivity contribution in [3.05, 3.63) is 0 Å². The largest absolute Gasteiger partial charge is 0.391 e. The number of rotatable bonds is 2. The van der Waals surface area contributed by atoms with Crippen LogP contribution in [-0.2, 0) is 4.79 Å². The summed E-state index contributed by atoms with van der Waals surface area (Å²) in [6.07, 6.45) is -2.90. The lowest BCUT2D eigenvalue weighted by Gasteiger charge is -2.30. The molecule has 0 aliphatic heterocycles. The van der Waals surface area contributed by atoms with E-state index in [2.05, 4.69) is 5.32 Å². The van der Waals surface area contributed by atoms with Crippen molar-refractivity contribution >= 4 is 17.5 Å². The highest BCUT2D eigenvalue weighted by Crippen LogP contribution is 2.37. The number of hydrogen-bond acceptors (Lipinski definition) is 1. The lowest BCUT2D eigenvalue weighted by atomic mass is 9.85. The van der Waals surface area contributed by atoms with Gasteiger partial charge in [-0.3, -0.25) is 4.79 Å². The fourth-order valence-electron chi connectivity index (χ4n) is 1.88. The molecule has 2 nitrogen and oxygen atoms in total. The fraction of sp³-hybridized carbons (Fsp3) is 0.889. The van der Waals surface area contributed by atoms with Gasteiger partial charge in [0, 0.05) is 6.04 Å². The molecule has 1 saturated carbocycles. The molecule has 1 rings (SSSR count). The van der Waals surface area contributed by atoms with Crippen LogP contribution in [0, 0.1) is 5.92 Å². The molecule has 88 valence electrons. The molecule has 0 aromatic carbocycles.